The number of likely N-dealkylation sites (tertiary alicyclic amines) is 1. The maximum atomic E-state index is 12.7. The van der Waals surface area contributed by atoms with E-state index in [1.54, 1.807) is 11.3 Å². The molecule has 0 radical (unpaired) electrons. The Morgan fingerprint density at radius 3 is 2.48 bits per heavy atom. The van der Waals surface area contributed by atoms with Crippen molar-refractivity contribution in [3.63, 3.8) is 0 Å². The van der Waals surface area contributed by atoms with Gasteiger partial charge >= 0.3 is 0 Å². The molecule has 2 aliphatic rings. The maximum Gasteiger partial charge on any atom is 0.237 e. The van der Waals surface area contributed by atoms with Gasteiger partial charge in [0.25, 0.3) is 0 Å². The van der Waals surface area contributed by atoms with Gasteiger partial charge in [0, 0.05) is 0 Å². The first-order valence-electron chi connectivity index (χ1n) is 9.09. The fourth-order valence-corrected chi connectivity index (χ4v) is 5.17. The lowest BCUT2D eigenvalue weighted by Gasteiger charge is -2.24. The van der Waals surface area contributed by atoms with Gasteiger partial charge in [-0.05, 0) is 31.9 Å². The van der Waals surface area contributed by atoms with Crippen LogP contribution < -0.4 is 4.90 Å². The van der Waals surface area contributed by atoms with Gasteiger partial charge in [0.2, 0.25) is 11.8 Å². The molecule has 4 atom stereocenters. The van der Waals surface area contributed by atoms with Crippen LogP contribution in [0.3, 0.4) is 0 Å². The highest BCUT2D eigenvalue weighted by Gasteiger charge is 2.49. The number of hydrogen-bond acceptors (Lipinski definition) is 4. The van der Waals surface area contributed by atoms with Crippen LogP contribution in [0.4, 0.5) is 0 Å². The van der Waals surface area contributed by atoms with E-state index in [-0.39, 0.29) is 29.7 Å². The Hall–Kier alpha value is -1.79. The molecule has 1 aromatic carbocycles. The molecule has 2 aromatic rings. The Kier molecular flexibility index (Phi) is 4.33. The number of hydrogen-bond donors (Lipinski definition) is 1. The number of nitrogens with zero attached hydrogens (tertiary/aromatic N) is 2. The number of para-hydroxylation sites is 1. The summed E-state index contributed by atoms with van der Waals surface area (Å²) in [6.45, 7) is 2.55. The summed E-state index contributed by atoms with van der Waals surface area (Å²) < 4.78 is 1.18. The van der Waals surface area contributed by atoms with Crippen molar-refractivity contribution < 1.29 is 14.5 Å². The van der Waals surface area contributed by atoms with Gasteiger partial charge in [0.05, 0.1) is 29.1 Å². The van der Waals surface area contributed by atoms with Gasteiger partial charge in [-0.15, -0.1) is 11.3 Å². The zero-order valence-electron chi connectivity index (χ0n) is 14.7. The Balaban J connectivity index is 1.50. The van der Waals surface area contributed by atoms with Crippen molar-refractivity contribution in [1.29, 1.82) is 0 Å². The highest BCUT2D eigenvalue weighted by Crippen LogP contribution is 2.37. The fourth-order valence-electron chi connectivity index (χ4n) is 4.06. The number of thiazole rings is 1. The van der Waals surface area contributed by atoms with Crippen molar-refractivity contribution in [3.05, 3.63) is 29.3 Å². The van der Waals surface area contributed by atoms with E-state index in [1.165, 1.54) is 9.60 Å². The predicted octanol–water partition coefficient (Wildman–Crippen LogP) is 2.00. The van der Waals surface area contributed by atoms with Crippen molar-refractivity contribution in [2.24, 2.45) is 11.8 Å². The molecule has 1 saturated heterocycles. The van der Waals surface area contributed by atoms with Gasteiger partial charge in [-0.3, -0.25) is 9.59 Å². The van der Waals surface area contributed by atoms with Gasteiger partial charge in [-0.25, -0.2) is 9.88 Å². The summed E-state index contributed by atoms with van der Waals surface area (Å²) in [6, 6.07) is 8.26. The summed E-state index contributed by atoms with van der Waals surface area (Å²) in [5, 5.41) is 1.05. The van der Waals surface area contributed by atoms with Crippen LogP contribution in [0.15, 0.2) is 24.3 Å². The summed E-state index contributed by atoms with van der Waals surface area (Å²) in [6.07, 6.45) is 3.88. The first-order valence-corrected chi connectivity index (χ1v) is 9.91. The Morgan fingerprint density at radius 2 is 1.84 bits per heavy atom. The minimum atomic E-state index is -0.0631. The van der Waals surface area contributed by atoms with Crippen LogP contribution in [0.2, 0.25) is 0 Å². The van der Waals surface area contributed by atoms with Crippen LogP contribution in [0.5, 0.6) is 0 Å². The molecule has 25 heavy (non-hydrogen) atoms. The topological polar surface area (TPSA) is 54.7 Å². The molecule has 2 heterocycles. The second kappa shape index (κ2) is 6.50. The smallest absolute Gasteiger partial charge is 0.237 e. The van der Waals surface area contributed by atoms with E-state index in [9.17, 15) is 9.59 Å². The SMILES string of the molecule is C[C@@H](c1nc2ccccc2s1)[NH+](C)CN1C(=O)[C@H]2CCCC[C@H]2C1=O. The number of fused-ring (bicyclic) bond motifs is 2. The first-order chi connectivity index (χ1) is 12.1. The van der Waals surface area contributed by atoms with Crippen LogP contribution in [0.25, 0.3) is 10.2 Å². The number of amides is 2. The predicted molar refractivity (Wildman–Crippen MR) is 97.1 cm³/mol. The van der Waals surface area contributed by atoms with Crippen molar-refractivity contribution >= 4 is 33.4 Å². The summed E-state index contributed by atoms with van der Waals surface area (Å²) in [7, 11) is 2.04. The second-order valence-corrected chi connectivity index (χ2v) is 8.41. The second-order valence-electron chi connectivity index (χ2n) is 7.35. The molecule has 2 fully saturated rings. The monoisotopic (exact) mass is 358 g/mol. The molecule has 2 amide bonds. The first kappa shape index (κ1) is 16.7. The molecule has 1 aliphatic heterocycles. The Labute approximate surface area is 151 Å². The third-order valence-electron chi connectivity index (χ3n) is 5.76. The van der Waals surface area contributed by atoms with Crippen molar-refractivity contribution in [2.45, 2.75) is 38.6 Å². The minimum absolute atomic E-state index is 0.0468. The molecule has 1 aromatic heterocycles. The number of rotatable bonds is 4. The van der Waals surface area contributed by atoms with Gasteiger partial charge in [0.1, 0.15) is 6.04 Å². The van der Waals surface area contributed by atoms with Gasteiger partial charge in [-0.1, -0.05) is 25.0 Å². The Morgan fingerprint density at radius 1 is 1.20 bits per heavy atom. The largest absolute Gasteiger partial charge is 0.312 e. The van der Waals surface area contributed by atoms with Crippen LogP contribution in [-0.4, -0.2) is 35.4 Å². The number of quaternary nitrogens is 1. The van der Waals surface area contributed by atoms with E-state index in [1.807, 2.05) is 25.2 Å². The lowest BCUT2D eigenvalue weighted by Crippen LogP contribution is -3.10. The van der Waals surface area contributed by atoms with E-state index < -0.39 is 0 Å². The molecule has 6 heteroatoms. The summed E-state index contributed by atoms with van der Waals surface area (Å²) in [4.78, 5) is 32.7. The van der Waals surface area contributed by atoms with E-state index in [4.69, 9.17) is 4.98 Å². The van der Waals surface area contributed by atoms with Crippen molar-refractivity contribution in [3.8, 4) is 0 Å². The molecule has 1 N–H and O–H groups in total. The summed E-state index contributed by atoms with van der Waals surface area (Å²) in [5.74, 6) is -0.0327. The normalized spacial score (nSPS) is 26.1. The number of aromatic nitrogens is 1. The standard InChI is InChI=1S/C19H23N3O2S/c1-12(17-20-15-9-5-6-10-16(15)25-17)21(2)11-22-18(23)13-7-3-4-8-14(13)19(22)24/h5-6,9-10,12-14H,3-4,7-8,11H2,1-2H3/p+1/t12-,13-,14+/m0/s1. The third-order valence-corrected chi connectivity index (χ3v) is 6.98. The quantitative estimate of drug-likeness (QED) is 0.851. The average Bonchev–Trinajstić information content (AvgIpc) is 3.17. The zero-order valence-corrected chi connectivity index (χ0v) is 15.5. The molecule has 5 nitrogen and oxygen atoms in total. The number of carbonyl (C=O) groups is 2. The summed E-state index contributed by atoms with van der Waals surface area (Å²) >= 11 is 1.69. The molecule has 1 saturated carbocycles. The van der Waals surface area contributed by atoms with E-state index >= 15 is 0 Å². The molecular formula is C19H24N3O2S+. The van der Waals surface area contributed by atoms with Gasteiger partial charge in [-0.2, -0.15) is 0 Å². The number of imide groups is 1. The molecule has 1 unspecified atom stereocenters. The van der Waals surface area contributed by atoms with E-state index in [0.717, 1.165) is 41.1 Å². The molecule has 4 rings (SSSR count). The summed E-state index contributed by atoms with van der Waals surface area (Å²) in [5.41, 5.74) is 1.02. The van der Waals surface area contributed by atoms with E-state index in [2.05, 4.69) is 13.0 Å². The lowest BCUT2D eigenvalue weighted by atomic mass is 9.81. The third kappa shape index (κ3) is 2.87. The van der Waals surface area contributed by atoms with Crippen LogP contribution in [-0.2, 0) is 9.59 Å². The number of benzene rings is 1. The van der Waals surface area contributed by atoms with Crippen LogP contribution >= 0.6 is 11.3 Å². The molecular weight excluding hydrogens is 334 g/mol. The molecule has 0 spiro atoms. The maximum absolute atomic E-state index is 12.7. The minimum Gasteiger partial charge on any atom is -0.312 e. The zero-order chi connectivity index (χ0) is 17.6. The average molecular weight is 358 g/mol. The highest BCUT2D eigenvalue weighted by atomic mass is 32.1. The highest BCUT2D eigenvalue weighted by molar-refractivity contribution is 7.18. The lowest BCUT2D eigenvalue weighted by molar-refractivity contribution is -0.917. The van der Waals surface area contributed by atoms with Crippen LogP contribution in [0, 0.1) is 11.8 Å². The van der Waals surface area contributed by atoms with Gasteiger partial charge in [0.15, 0.2) is 11.7 Å². The van der Waals surface area contributed by atoms with Crippen molar-refractivity contribution in [1.82, 2.24) is 9.88 Å². The molecule has 1 aliphatic carbocycles. The number of nitrogens with one attached hydrogen (secondary N) is 1. The number of carbonyl (C=O) groups excluding carboxylic acids is 2. The molecule has 132 valence electrons. The van der Waals surface area contributed by atoms with Gasteiger partial charge < -0.3 is 4.90 Å². The van der Waals surface area contributed by atoms with Crippen molar-refractivity contribution in [2.75, 3.05) is 13.7 Å². The Bertz CT molecular complexity index is 761. The molecule has 0 bridgehead atoms. The van der Waals surface area contributed by atoms with E-state index in [0.29, 0.717) is 6.67 Å². The van der Waals surface area contributed by atoms with Crippen LogP contribution in [0.1, 0.15) is 43.7 Å². The fraction of sp³-hybridized carbons (Fsp3) is 0.526.